The van der Waals surface area contributed by atoms with Crippen molar-refractivity contribution in [1.29, 1.82) is 5.26 Å². The lowest BCUT2D eigenvalue weighted by Gasteiger charge is -2.06. The van der Waals surface area contributed by atoms with Crippen molar-refractivity contribution in [2.24, 2.45) is 0 Å². The zero-order valence-corrected chi connectivity index (χ0v) is 10.5. The summed E-state index contributed by atoms with van der Waals surface area (Å²) >= 11 is 0. The molecule has 0 atom stereocenters. The number of hydrogen-bond acceptors (Lipinski definition) is 5. The van der Waals surface area contributed by atoms with Gasteiger partial charge in [-0.3, -0.25) is 0 Å². The van der Waals surface area contributed by atoms with E-state index in [4.69, 9.17) is 15.1 Å². The van der Waals surface area contributed by atoms with Crippen LogP contribution >= 0.6 is 0 Å². The lowest BCUT2D eigenvalue weighted by atomic mass is 10.2. The van der Waals surface area contributed by atoms with Crippen molar-refractivity contribution in [3.05, 3.63) is 29.8 Å². The third-order valence-corrected chi connectivity index (χ3v) is 3.54. The monoisotopic (exact) mass is 270 g/mol. The highest BCUT2D eigenvalue weighted by Crippen LogP contribution is 2.09. The van der Waals surface area contributed by atoms with Crippen LogP contribution in [0, 0.1) is 11.3 Å². The van der Waals surface area contributed by atoms with Gasteiger partial charge in [0.15, 0.2) is 0 Å². The molecule has 18 heavy (non-hydrogen) atoms. The predicted octanol–water partition coefficient (Wildman–Crippen LogP) is -0.155. The molecule has 0 aliphatic carbocycles. The number of benzene rings is 1. The van der Waals surface area contributed by atoms with Crippen molar-refractivity contribution in [3.63, 3.8) is 0 Å². The number of nitrogens with one attached hydrogen (secondary N) is 1. The molecule has 0 spiro atoms. The van der Waals surface area contributed by atoms with Gasteiger partial charge < -0.3 is 9.84 Å². The van der Waals surface area contributed by atoms with Crippen molar-refractivity contribution >= 4 is 10.0 Å². The SMILES string of the molecule is N#Cc1ccc(S(=O)(=O)NCCOCCO)cc1. The van der Waals surface area contributed by atoms with Crippen molar-refractivity contribution in [2.75, 3.05) is 26.4 Å². The van der Waals surface area contributed by atoms with E-state index in [2.05, 4.69) is 4.72 Å². The number of nitriles is 1. The normalized spacial score (nSPS) is 11.1. The average Bonchev–Trinajstić information content (AvgIpc) is 2.38. The summed E-state index contributed by atoms with van der Waals surface area (Å²) in [5.74, 6) is 0. The molecule has 7 heteroatoms. The van der Waals surface area contributed by atoms with Gasteiger partial charge >= 0.3 is 0 Å². The fourth-order valence-electron chi connectivity index (χ4n) is 1.21. The molecule has 98 valence electrons. The Balaban J connectivity index is 2.55. The molecule has 0 aromatic heterocycles. The molecule has 2 N–H and O–H groups in total. The van der Waals surface area contributed by atoms with Crippen molar-refractivity contribution in [1.82, 2.24) is 4.72 Å². The van der Waals surface area contributed by atoms with E-state index in [1.54, 1.807) is 0 Å². The van der Waals surface area contributed by atoms with Gasteiger partial charge in [0.25, 0.3) is 0 Å². The Kier molecular flexibility index (Phi) is 5.74. The van der Waals surface area contributed by atoms with Crippen LogP contribution in [-0.4, -0.2) is 39.9 Å². The van der Waals surface area contributed by atoms with E-state index in [1.165, 1.54) is 24.3 Å². The summed E-state index contributed by atoms with van der Waals surface area (Å²) < 4.78 is 30.8. The lowest BCUT2D eigenvalue weighted by molar-refractivity contribution is 0.0961. The Morgan fingerprint density at radius 3 is 2.50 bits per heavy atom. The van der Waals surface area contributed by atoms with Crippen LogP contribution < -0.4 is 4.72 Å². The average molecular weight is 270 g/mol. The molecule has 0 amide bonds. The maximum Gasteiger partial charge on any atom is 0.240 e. The summed E-state index contributed by atoms with van der Waals surface area (Å²) in [5, 5.41) is 17.1. The Bertz CT molecular complexity index is 505. The molecular formula is C11H14N2O4S. The van der Waals surface area contributed by atoms with Gasteiger partial charge in [-0.1, -0.05) is 0 Å². The largest absolute Gasteiger partial charge is 0.394 e. The molecule has 0 bridgehead atoms. The number of ether oxygens (including phenoxy) is 1. The summed E-state index contributed by atoms with van der Waals surface area (Å²) in [6.45, 7) is 0.402. The van der Waals surface area contributed by atoms with Crippen molar-refractivity contribution in [2.45, 2.75) is 4.90 Å². The molecule has 0 fully saturated rings. The highest BCUT2D eigenvalue weighted by Gasteiger charge is 2.12. The maximum atomic E-state index is 11.8. The lowest BCUT2D eigenvalue weighted by Crippen LogP contribution is -2.27. The van der Waals surface area contributed by atoms with Crippen LogP contribution in [0.1, 0.15) is 5.56 Å². The zero-order chi connectivity index (χ0) is 13.4. The highest BCUT2D eigenvalue weighted by atomic mass is 32.2. The fourth-order valence-corrected chi connectivity index (χ4v) is 2.22. The molecule has 0 saturated carbocycles. The summed E-state index contributed by atoms with van der Waals surface area (Å²) in [7, 11) is -3.57. The zero-order valence-electron chi connectivity index (χ0n) is 9.67. The molecule has 1 aromatic carbocycles. The first kappa shape index (κ1) is 14.6. The quantitative estimate of drug-likeness (QED) is 0.671. The van der Waals surface area contributed by atoms with Crippen LogP contribution in [0.3, 0.4) is 0 Å². The first-order chi connectivity index (χ1) is 8.60. The number of aliphatic hydroxyl groups excluding tert-OH is 1. The molecule has 1 rings (SSSR count). The van der Waals surface area contributed by atoms with E-state index in [9.17, 15) is 8.42 Å². The van der Waals surface area contributed by atoms with Gasteiger partial charge in [-0.05, 0) is 24.3 Å². The van der Waals surface area contributed by atoms with Gasteiger partial charge in [-0.2, -0.15) is 5.26 Å². The van der Waals surface area contributed by atoms with Crippen LogP contribution in [-0.2, 0) is 14.8 Å². The first-order valence-electron chi connectivity index (χ1n) is 5.28. The Morgan fingerprint density at radius 1 is 1.28 bits per heavy atom. The van der Waals surface area contributed by atoms with E-state index in [1.807, 2.05) is 6.07 Å². The van der Waals surface area contributed by atoms with Crippen LogP contribution in [0.2, 0.25) is 0 Å². The predicted molar refractivity (Wildman–Crippen MR) is 64.3 cm³/mol. The standard InChI is InChI=1S/C11H14N2O4S/c12-9-10-1-3-11(4-2-10)18(15,16)13-5-7-17-8-6-14/h1-4,13-14H,5-8H2. The maximum absolute atomic E-state index is 11.8. The number of aliphatic hydroxyl groups is 1. The minimum absolute atomic E-state index is 0.0949. The van der Waals surface area contributed by atoms with Gasteiger partial charge in [0.05, 0.1) is 36.3 Å². The van der Waals surface area contributed by atoms with Crippen LogP contribution in [0.25, 0.3) is 0 Å². The van der Waals surface area contributed by atoms with Crippen molar-refractivity contribution < 1.29 is 18.3 Å². The summed E-state index contributed by atoms with van der Waals surface area (Å²) in [5.41, 5.74) is 0.403. The summed E-state index contributed by atoms with van der Waals surface area (Å²) in [6, 6.07) is 7.54. The summed E-state index contributed by atoms with van der Waals surface area (Å²) in [4.78, 5) is 0.101. The van der Waals surface area contributed by atoms with Gasteiger partial charge in [0.2, 0.25) is 10.0 Å². The van der Waals surface area contributed by atoms with E-state index < -0.39 is 10.0 Å². The number of hydrogen-bond donors (Lipinski definition) is 2. The summed E-state index contributed by atoms with van der Waals surface area (Å²) in [6.07, 6.45) is 0. The fraction of sp³-hybridized carbons (Fsp3) is 0.364. The topological polar surface area (TPSA) is 99.4 Å². The molecule has 0 saturated heterocycles. The minimum Gasteiger partial charge on any atom is -0.394 e. The Morgan fingerprint density at radius 2 is 1.94 bits per heavy atom. The first-order valence-corrected chi connectivity index (χ1v) is 6.77. The van der Waals surface area contributed by atoms with Gasteiger partial charge in [0.1, 0.15) is 0 Å². The van der Waals surface area contributed by atoms with Crippen molar-refractivity contribution in [3.8, 4) is 6.07 Å². The Hall–Kier alpha value is -1.46. The molecule has 0 radical (unpaired) electrons. The third-order valence-electron chi connectivity index (χ3n) is 2.07. The van der Waals surface area contributed by atoms with Gasteiger partial charge in [0, 0.05) is 6.54 Å². The van der Waals surface area contributed by atoms with E-state index >= 15 is 0 Å². The van der Waals surface area contributed by atoms with Crippen LogP contribution in [0.5, 0.6) is 0 Å². The number of rotatable bonds is 7. The molecule has 0 heterocycles. The molecule has 0 aliphatic rings. The Labute approximate surface area is 106 Å². The van der Waals surface area contributed by atoms with Gasteiger partial charge in [-0.25, -0.2) is 13.1 Å². The second kappa shape index (κ2) is 7.08. The van der Waals surface area contributed by atoms with Gasteiger partial charge in [-0.15, -0.1) is 0 Å². The third kappa shape index (κ3) is 4.43. The molecule has 6 nitrogen and oxygen atoms in total. The molecular weight excluding hydrogens is 256 g/mol. The molecule has 0 aliphatic heterocycles. The minimum atomic E-state index is -3.57. The second-order valence-electron chi connectivity index (χ2n) is 3.37. The molecule has 1 aromatic rings. The van der Waals surface area contributed by atoms with E-state index in [0.29, 0.717) is 5.56 Å². The smallest absolute Gasteiger partial charge is 0.240 e. The second-order valence-corrected chi connectivity index (χ2v) is 5.14. The van der Waals surface area contributed by atoms with E-state index in [-0.39, 0.29) is 31.3 Å². The molecule has 0 unspecified atom stereocenters. The highest BCUT2D eigenvalue weighted by molar-refractivity contribution is 7.89. The van der Waals surface area contributed by atoms with E-state index in [0.717, 1.165) is 0 Å². The van der Waals surface area contributed by atoms with Crippen LogP contribution in [0.15, 0.2) is 29.2 Å². The van der Waals surface area contributed by atoms with Crippen LogP contribution in [0.4, 0.5) is 0 Å². The number of nitrogens with zero attached hydrogens (tertiary/aromatic N) is 1. The number of sulfonamides is 1.